The van der Waals surface area contributed by atoms with Gasteiger partial charge in [-0.1, -0.05) is 182 Å². The van der Waals surface area contributed by atoms with Gasteiger partial charge in [-0.2, -0.15) is 0 Å². The molecule has 0 N–H and O–H groups in total. The largest absolute Gasteiger partial charge is 0.459 e. The molecule has 12 rings (SSSR count). The Bertz CT molecular complexity index is 3590. The second-order valence-electron chi connectivity index (χ2n) is 27.9. The highest BCUT2D eigenvalue weighted by Crippen LogP contribution is 2.55. The monoisotopic (exact) mass is 1060 g/mol. The number of anilines is 6. The average Bonchev–Trinajstić information content (AvgIpc) is 3.23. The topological polar surface area (TPSA) is 19.0 Å². The van der Waals surface area contributed by atoms with Gasteiger partial charge < -0.3 is 19.4 Å². The number of nitrogens with zero attached hydrogens (tertiary/aromatic N) is 3. The van der Waals surface area contributed by atoms with Gasteiger partial charge in [-0.15, -0.1) is 17.9 Å². The minimum absolute atomic E-state index is 0.000294. The SMILES string of the molecule is C=CC(C(/C=C/N1c2cc(N(c3ccccc3)C3C=CC=CC3)cc3c2B(c2cc(C(C)(C)CC)c(CC)cc2N3C2=C3Oc4ccccc4C3CC=C2)c2sc3cc4c(cc3c21)C(C)(C)CCC4(C)C)C(C)(C)C)C(C)(C)C. The molecule has 3 aliphatic carbocycles. The van der Waals surface area contributed by atoms with E-state index in [1.165, 1.54) is 94.2 Å². The van der Waals surface area contributed by atoms with Gasteiger partial charge in [0, 0.05) is 55.1 Å². The number of para-hydroxylation sites is 2. The molecule has 0 amide bonds. The molecule has 4 unspecified atom stereocenters. The van der Waals surface area contributed by atoms with Crippen LogP contribution < -0.4 is 35.1 Å². The van der Waals surface area contributed by atoms with Gasteiger partial charge in [0.25, 0.3) is 6.71 Å². The molecule has 0 saturated heterocycles. The van der Waals surface area contributed by atoms with E-state index in [0.717, 1.165) is 49.3 Å². The Labute approximate surface area is 478 Å². The van der Waals surface area contributed by atoms with Crippen LogP contribution in [0, 0.1) is 22.7 Å². The molecule has 4 nitrogen and oxygen atoms in total. The highest BCUT2D eigenvalue weighted by molar-refractivity contribution is 7.33. The van der Waals surface area contributed by atoms with E-state index in [0.29, 0.717) is 0 Å². The predicted octanol–water partition coefficient (Wildman–Crippen LogP) is 18.3. The Kier molecular flexibility index (Phi) is 13.0. The van der Waals surface area contributed by atoms with Crippen LogP contribution in [0.25, 0.3) is 10.1 Å². The van der Waals surface area contributed by atoms with E-state index in [2.05, 4.69) is 264 Å². The first-order valence-corrected chi connectivity index (χ1v) is 30.6. The fraction of sp³-hybridized carbons (Fsp3) is 0.397. The Morgan fingerprint density at radius 2 is 1.47 bits per heavy atom. The van der Waals surface area contributed by atoms with Gasteiger partial charge in [0.05, 0.1) is 23.3 Å². The Balaban J connectivity index is 1.24. The predicted molar refractivity (Wildman–Crippen MR) is 343 cm³/mol. The fourth-order valence-electron chi connectivity index (χ4n) is 14.6. The van der Waals surface area contributed by atoms with Crippen molar-refractivity contribution in [3.63, 3.8) is 0 Å². The molecule has 6 aromatic rings. The van der Waals surface area contributed by atoms with Crippen molar-refractivity contribution in [3.05, 3.63) is 192 Å². The number of thiophene rings is 1. The van der Waals surface area contributed by atoms with Gasteiger partial charge in [0.15, 0.2) is 0 Å². The maximum atomic E-state index is 7.19. The standard InChI is InChI=1S/C73H84BN3OS/c1-16-46-40-60-58(44-55(46)71(10,11)18-3)74-65-61(75(39-36-54(70(7,8)9)53(17-2)69(4,5)6)66-52-43-56-57(45-64(52)79-68(66)74)73(14,15)38-37-72(56,12)13)41-49(76(47-28-21-19-22-29-47)48-30-23-20-24-31-48)42-62(65)77(60)59-34-27-33-51-50-32-25-26-35-63(50)78-67(51)59/h17,19-30,32,34-36,39-45,48,51,53-54H,2,16,18,31,33,37-38H2,1,3-15H3/b39-36+. The lowest BCUT2D eigenvalue weighted by Gasteiger charge is -2.46. The lowest BCUT2D eigenvalue weighted by molar-refractivity contribution is 0.143. The summed E-state index contributed by atoms with van der Waals surface area (Å²) < 4.78 is 9.99. The molecular formula is C73H84BN3OS. The molecule has 6 aliphatic rings. The molecule has 6 heteroatoms. The summed E-state index contributed by atoms with van der Waals surface area (Å²) in [7, 11) is 0. The molecule has 4 atom stereocenters. The van der Waals surface area contributed by atoms with E-state index in [9.17, 15) is 0 Å². The van der Waals surface area contributed by atoms with Gasteiger partial charge in [-0.05, 0) is 165 Å². The zero-order chi connectivity index (χ0) is 55.7. The van der Waals surface area contributed by atoms with Gasteiger partial charge in [0.1, 0.15) is 11.5 Å². The lowest BCUT2D eigenvalue weighted by Crippen LogP contribution is -2.61. The van der Waals surface area contributed by atoms with Crippen molar-refractivity contribution in [1.82, 2.24) is 0 Å². The first-order chi connectivity index (χ1) is 37.6. The zero-order valence-corrected chi connectivity index (χ0v) is 50.7. The summed E-state index contributed by atoms with van der Waals surface area (Å²) in [6, 6.07) is 35.7. The molecule has 406 valence electrons. The van der Waals surface area contributed by atoms with Crippen LogP contribution in [0.1, 0.15) is 163 Å². The fourth-order valence-corrected chi connectivity index (χ4v) is 15.9. The normalized spacial score (nSPS) is 20.4. The van der Waals surface area contributed by atoms with Crippen molar-refractivity contribution >= 4 is 78.0 Å². The van der Waals surface area contributed by atoms with Gasteiger partial charge in [0.2, 0.25) is 0 Å². The molecule has 0 spiro atoms. The Morgan fingerprint density at radius 3 is 2.14 bits per heavy atom. The van der Waals surface area contributed by atoms with Gasteiger partial charge >= 0.3 is 0 Å². The van der Waals surface area contributed by atoms with Crippen LogP contribution in [0.4, 0.5) is 34.1 Å². The Morgan fingerprint density at radius 1 is 0.772 bits per heavy atom. The summed E-state index contributed by atoms with van der Waals surface area (Å²) in [6.45, 7) is 38.5. The first-order valence-electron chi connectivity index (χ1n) is 29.8. The summed E-state index contributed by atoms with van der Waals surface area (Å²) in [5.41, 5.74) is 18.4. The number of aryl methyl sites for hydroxylation is 1. The molecule has 1 aromatic heterocycles. The smallest absolute Gasteiger partial charge is 0.264 e. The van der Waals surface area contributed by atoms with Crippen LogP contribution in [-0.4, -0.2) is 12.8 Å². The molecule has 0 fully saturated rings. The van der Waals surface area contributed by atoms with Crippen LogP contribution in [0.2, 0.25) is 0 Å². The first kappa shape index (κ1) is 53.4. The van der Waals surface area contributed by atoms with E-state index < -0.39 is 0 Å². The van der Waals surface area contributed by atoms with Crippen LogP contribution in [0.5, 0.6) is 5.75 Å². The van der Waals surface area contributed by atoms with Gasteiger partial charge in [-0.25, -0.2) is 0 Å². The molecule has 4 heterocycles. The lowest BCUT2D eigenvalue weighted by atomic mass is 9.36. The average molecular weight is 1060 g/mol. The summed E-state index contributed by atoms with van der Waals surface area (Å²) in [6.07, 6.45) is 27.4. The minimum atomic E-state index is -0.0484. The van der Waals surface area contributed by atoms with E-state index in [-0.39, 0.29) is 57.6 Å². The van der Waals surface area contributed by atoms with Crippen molar-refractivity contribution in [3.8, 4) is 5.75 Å². The number of allylic oxidation sites excluding steroid dienone is 7. The molecule has 79 heavy (non-hydrogen) atoms. The summed E-state index contributed by atoms with van der Waals surface area (Å²) in [4.78, 5) is 7.95. The molecular weight excluding hydrogens is 978 g/mol. The summed E-state index contributed by atoms with van der Waals surface area (Å²) >= 11 is 2.05. The molecule has 0 bridgehead atoms. The van der Waals surface area contributed by atoms with Crippen LogP contribution >= 0.6 is 11.3 Å². The van der Waals surface area contributed by atoms with Crippen LogP contribution in [0.3, 0.4) is 0 Å². The number of fused-ring (bicyclic) bond motifs is 10. The van der Waals surface area contributed by atoms with E-state index >= 15 is 0 Å². The molecule has 0 radical (unpaired) electrons. The Hall–Kier alpha value is -6.24. The summed E-state index contributed by atoms with van der Waals surface area (Å²) in [5, 5.41) is 1.36. The molecule has 5 aromatic carbocycles. The number of hydrogen-bond acceptors (Lipinski definition) is 5. The molecule has 0 saturated carbocycles. The van der Waals surface area contributed by atoms with Crippen molar-refractivity contribution < 1.29 is 4.74 Å². The van der Waals surface area contributed by atoms with Crippen molar-refractivity contribution in [2.24, 2.45) is 22.7 Å². The minimum Gasteiger partial charge on any atom is -0.459 e. The van der Waals surface area contributed by atoms with Gasteiger partial charge in [-0.3, -0.25) is 0 Å². The second kappa shape index (κ2) is 19.2. The molecule has 3 aliphatic heterocycles. The van der Waals surface area contributed by atoms with E-state index in [1.807, 2.05) is 11.3 Å². The zero-order valence-electron chi connectivity index (χ0n) is 49.9. The third-order valence-electron chi connectivity index (χ3n) is 19.5. The van der Waals surface area contributed by atoms with Crippen molar-refractivity contribution in [1.29, 1.82) is 0 Å². The number of rotatable bonds is 11. The highest BCUT2D eigenvalue weighted by atomic mass is 32.1. The third-order valence-corrected chi connectivity index (χ3v) is 20.7. The van der Waals surface area contributed by atoms with E-state index in [4.69, 9.17) is 4.74 Å². The number of benzene rings is 5. The van der Waals surface area contributed by atoms with E-state index in [1.54, 1.807) is 0 Å². The van der Waals surface area contributed by atoms with Crippen LogP contribution in [-0.2, 0) is 22.7 Å². The van der Waals surface area contributed by atoms with Crippen molar-refractivity contribution in [2.75, 3.05) is 14.7 Å². The summed E-state index contributed by atoms with van der Waals surface area (Å²) in [5.74, 6) is 2.57. The van der Waals surface area contributed by atoms with Crippen molar-refractivity contribution in [2.45, 2.75) is 164 Å². The highest BCUT2D eigenvalue weighted by Gasteiger charge is 2.49. The maximum absolute atomic E-state index is 7.19. The number of hydrogen-bond donors (Lipinski definition) is 0. The second-order valence-corrected chi connectivity index (χ2v) is 29.0. The van der Waals surface area contributed by atoms with Crippen LogP contribution in [0.15, 0.2) is 164 Å². The third kappa shape index (κ3) is 8.75. The maximum Gasteiger partial charge on any atom is 0.264 e. The number of ether oxygens (including phenoxy) is 1. The quantitative estimate of drug-likeness (QED) is 0.0951.